The van der Waals surface area contributed by atoms with Gasteiger partial charge >= 0.3 is 0 Å². The second kappa shape index (κ2) is 4.60. The lowest BCUT2D eigenvalue weighted by Crippen LogP contribution is -2.43. The zero-order chi connectivity index (χ0) is 15.7. The molecule has 0 aliphatic heterocycles. The third-order valence-corrected chi connectivity index (χ3v) is 6.77. The van der Waals surface area contributed by atoms with Crippen LogP contribution in [0.1, 0.15) is 45.2 Å². The molecule has 3 aromatic rings. The Morgan fingerprint density at radius 3 is 1.17 bits per heavy atom. The van der Waals surface area contributed by atoms with E-state index in [1.54, 1.807) is 33.4 Å². The molecule has 2 atom stereocenters. The monoisotopic (exact) mass is 308 g/mol. The summed E-state index contributed by atoms with van der Waals surface area (Å²) < 4.78 is 0. The van der Waals surface area contributed by atoms with Gasteiger partial charge in [0, 0.05) is 11.8 Å². The smallest absolute Gasteiger partial charge is 0.0130 e. The van der Waals surface area contributed by atoms with Gasteiger partial charge in [0.25, 0.3) is 0 Å². The van der Waals surface area contributed by atoms with E-state index in [0.717, 1.165) is 11.8 Å². The fourth-order valence-corrected chi connectivity index (χ4v) is 5.91. The molecule has 0 radical (unpaired) electrons. The van der Waals surface area contributed by atoms with Crippen LogP contribution in [0.3, 0.4) is 0 Å². The molecule has 0 N–H and O–H groups in total. The van der Waals surface area contributed by atoms with Crippen molar-refractivity contribution in [3.05, 3.63) is 106 Å². The first-order chi connectivity index (χ1) is 11.9. The molecule has 0 aromatic heterocycles. The molecule has 0 amide bonds. The van der Waals surface area contributed by atoms with Gasteiger partial charge in [-0.25, -0.2) is 0 Å². The first-order valence-corrected chi connectivity index (χ1v) is 9.16. The third-order valence-electron chi connectivity index (χ3n) is 6.77. The summed E-state index contributed by atoms with van der Waals surface area (Å²) in [7, 11) is 0. The Balaban J connectivity index is 1.61. The quantitative estimate of drug-likeness (QED) is 0.528. The highest BCUT2D eigenvalue weighted by molar-refractivity contribution is 5.57. The molecule has 0 nitrogen and oxygen atoms in total. The minimum Gasteiger partial charge on any atom is -0.0620 e. The van der Waals surface area contributed by atoms with Crippen LogP contribution >= 0.6 is 0 Å². The van der Waals surface area contributed by atoms with Gasteiger partial charge in [0.2, 0.25) is 0 Å². The van der Waals surface area contributed by atoms with Gasteiger partial charge in [-0.1, -0.05) is 72.8 Å². The molecule has 7 rings (SSSR count). The van der Waals surface area contributed by atoms with E-state index in [-0.39, 0.29) is 0 Å². The minimum atomic E-state index is 0.584. The van der Waals surface area contributed by atoms with Gasteiger partial charge in [0.1, 0.15) is 0 Å². The fraction of sp³-hybridized carbons (Fsp3) is 0.250. The molecule has 0 spiro atoms. The molecule has 0 saturated heterocycles. The minimum absolute atomic E-state index is 0.584. The van der Waals surface area contributed by atoms with Gasteiger partial charge in [-0.3, -0.25) is 0 Å². The predicted molar refractivity (Wildman–Crippen MR) is 97.4 cm³/mol. The summed E-state index contributed by atoms with van der Waals surface area (Å²) >= 11 is 0. The van der Waals surface area contributed by atoms with Crippen LogP contribution in [0.4, 0.5) is 0 Å². The lowest BCUT2D eigenvalue weighted by atomic mass is 9.50. The molecule has 0 heterocycles. The van der Waals surface area contributed by atoms with Crippen molar-refractivity contribution >= 4 is 0 Å². The van der Waals surface area contributed by atoms with Crippen molar-refractivity contribution < 1.29 is 0 Å². The van der Waals surface area contributed by atoms with Crippen LogP contribution in [0.15, 0.2) is 72.8 Å². The largest absolute Gasteiger partial charge is 0.0620 e. The zero-order valence-electron chi connectivity index (χ0n) is 13.7. The fourth-order valence-electron chi connectivity index (χ4n) is 5.91. The standard InChI is InChI=1S/C24H20/c1-2-8-16-14-22-21(13-15(16)7-1)23-17-9-3-5-11-19(17)24(22)20-12-6-4-10-18(20)23/h1-12,21-24H,13-14H2/t21-,22-,23?,24?/m0/s1. The van der Waals surface area contributed by atoms with E-state index in [4.69, 9.17) is 0 Å². The van der Waals surface area contributed by atoms with Gasteiger partial charge in [-0.05, 0) is 58.1 Å². The summed E-state index contributed by atoms with van der Waals surface area (Å²) in [6.07, 6.45) is 2.48. The van der Waals surface area contributed by atoms with E-state index in [1.165, 1.54) is 12.8 Å². The molecule has 2 bridgehead atoms. The van der Waals surface area contributed by atoms with Crippen LogP contribution in [0, 0.1) is 11.8 Å². The molecule has 0 fully saturated rings. The highest BCUT2D eigenvalue weighted by Gasteiger charge is 2.50. The molecule has 0 heteroatoms. The van der Waals surface area contributed by atoms with Crippen LogP contribution in [0.2, 0.25) is 0 Å². The topological polar surface area (TPSA) is 0 Å². The normalized spacial score (nSPS) is 28.5. The van der Waals surface area contributed by atoms with Crippen LogP contribution in [-0.2, 0) is 12.8 Å². The summed E-state index contributed by atoms with van der Waals surface area (Å²) in [6.45, 7) is 0. The van der Waals surface area contributed by atoms with Crippen molar-refractivity contribution in [3.8, 4) is 0 Å². The van der Waals surface area contributed by atoms with Crippen molar-refractivity contribution in [2.75, 3.05) is 0 Å². The highest BCUT2D eigenvalue weighted by atomic mass is 14.5. The van der Waals surface area contributed by atoms with E-state index < -0.39 is 0 Å². The van der Waals surface area contributed by atoms with Crippen LogP contribution in [-0.4, -0.2) is 0 Å². The van der Waals surface area contributed by atoms with Gasteiger partial charge in [0.05, 0.1) is 0 Å². The lowest BCUT2D eigenvalue weighted by molar-refractivity contribution is 0.213. The van der Waals surface area contributed by atoms with Gasteiger partial charge in [-0.15, -0.1) is 0 Å². The Kier molecular flexibility index (Phi) is 2.49. The predicted octanol–water partition coefficient (Wildman–Crippen LogP) is 5.31. The third kappa shape index (κ3) is 1.54. The summed E-state index contributed by atoms with van der Waals surface area (Å²) in [4.78, 5) is 0. The number of benzene rings is 3. The van der Waals surface area contributed by atoms with E-state index in [9.17, 15) is 0 Å². The van der Waals surface area contributed by atoms with E-state index in [0.29, 0.717) is 11.8 Å². The molecule has 24 heavy (non-hydrogen) atoms. The van der Waals surface area contributed by atoms with Gasteiger partial charge in [0.15, 0.2) is 0 Å². The maximum absolute atomic E-state index is 2.39. The van der Waals surface area contributed by atoms with Gasteiger partial charge in [-0.2, -0.15) is 0 Å². The number of hydrogen-bond donors (Lipinski definition) is 0. The molecule has 3 aromatic carbocycles. The maximum atomic E-state index is 2.39. The Bertz CT molecular complexity index is 827. The molecule has 4 aliphatic carbocycles. The Morgan fingerprint density at radius 2 is 0.792 bits per heavy atom. The lowest BCUT2D eigenvalue weighted by Gasteiger charge is -2.53. The van der Waals surface area contributed by atoms with Crippen molar-refractivity contribution in [2.45, 2.75) is 24.7 Å². The second-order valence-electron chi connectivity index (χ2n) is 7.72. The average molecular weight is 308 g/mol. The molecular weight excluding hydrogens is 288 g/mol. The summed E-state index contributed by atoms with van der Waals surface area (Å²) in [6, 6.07) is 27.6. The molecule has 116 valence electrons. The van der Waals surface area contributed by atoms with E-state index in [1.807, 2.05) is 0 Å². The van der Waals surface area contributed by atoms with E-state index in [2.05, 4.69) is 72.8 Å². The second-order valence-corrected chi connectivity index (χ2v) is 7.72. The van der Waals surface area contributed by atoms with Crippen molar-refractivity contribution in [1.29, 1.82) is 0 Å². The van der Waals surface area contributed by atoms with Gasteiger partial charge < -0.3 is 0 Å². The summed E-state index contributed by atoms with van der Waals surface area (Å²) in [5.41, 5.74) is 9.56. The van der Waals surface area contributed by atoms with Crippen LogP contribution in [0.5, 0.6) is 0 Å². The molecular formula is C24H20. The molecule has 0 unspecified atom stereocenters. The summed E-state index contributed by atoms with van der Waals surface area (Å²) in [5, 5.41) is 0. The van der Waals surface area contributed by atoms with Crippen molar-refractivity contribution in [1.82, 2.24) is 0 Å². The highest BCUT2D eigenvalue weighted by Crippen LogP contribution is 2.60. The molecule has 0 saturated carbocycles. The number of rotatable bonds is 0. The Labute approximate surface area is 143 Å². The SMILES string of the molecule is c1ccc2c(c1)C[C@@H]1C3c4ccccc4C(c4ccccc43)[C@H]1C2. The first-order valence-electron chi connectivity index (χ1n) is 9.16. The number of hydrogen-bond acceptors (Lipinski definition) is 0. The Hall–Kier alpha value is -2.34. The van der Waals surface area contributed by atoms with Crippen molar-refractivity contribution in [3.63, 3.8) is 0 Å². The van der Waals surface area contributed by atoms with Crippen molar-refractivity contribution in [2.24, 2.45) is 11.8 Å². The number of fused-ring (bicyclic) bond motifs is 1. The van der Waals surface area contributed by atoms with Crippen LogP contribution in [0.25, 0.3) is 0 Å². The summed E-state index contributed by atoms with van der Waals surface area (Å²) in [5.74, 6) is 2.69. The first kappa shape index (κ1) is 13.0. The zero-order valence-corrected chi connectivity index (χ0v) is 13.7. The maximum Gasteiger partial charge on any atom is 0.0130 e. The van der Waals surface area contributed by atoms with Crippen LogP contribution < -0.4 is 0 Å². The average Bonchev–Trinajstić information content (AvgIpc) is 2.66. The van der Waals surface area contributed by atoms with E-state index >= 15 is 0 Å². The Morgan fingerprint density at radius 1 is 0.458 bits per heavy atom. The molecule has 4 aliphatic rings.